The summed E-state index contributed by atoms with van der Waals surface area (Å²) >= 11 is 1.65. The molecule has 154 valence electrons. The van der Waals surface area contributed by atoms with Gasteiger partial charge in [-0.2, -0.15) is 0 Å². The molecule has 2 aliphatic rings. The Labute approximate surface area is 170 Å². The number of aromatic nitrogens is 3. The van der Waals surface area contributed by atoms with Gasteiger partial charge in [-0.25, -0.2) is 18.4 Å². The third-order valence-electron chi connectivity index (χ3n) is 5.27. The van der Waals surface area contributed by atoms with E-state index in [-0.39, 0.29) is 17.0 Å². The summed E-state index contributed by atoms with van der Waals surface area (Å²) in [7, 11) is -1.35. The van der Waals surface area contributed by atoms with Gasteiger partial charge in [0.1, 0.15) is 0 Å². The maximum absolute atomic E-state index is 12.9. The van der Waals surface area contributed by atoms with Crippen molar-refractivity contribution in [3.63, 3.8) is 0 Å². The maximum Gasteiger partial charge on any atom is 0.227 e. The molecular formula is C19H28N4O3S2. The van der Waals surface area contributed by atoms with Crippen LogP contribution in [0.1, 0.15) is 42.1 Å². The summed E-state index contributed by atoms with van der Waals surface area (Å²) in [5, 5.41) is 3.34. The van der Waals surface area contributed by atoms with Crippen molar-refractivity contribution >= 4 is 21.2 Å². The number of sulfone groups is 1. The summed E-state index contributed by atoms with van der Waals surface area (Å²) in [5.74, 6) is 0.514. The molecule has 0 radical (unpaired) electrons. The minimum atomic E-state index is -3.37. The molecule has 1 aliphatic heterocycles. The SMILES string of the molecule is Cc1nc(CN(C)Cc2cnc(S(=O)(=O)CC3CC3)n2C[C@H]2CCCO2)cs1. The first-order valence-electron chi connectivity index (χ1n) is 9.89. The third-order valence-corrected chi connectivity index (χ3v) is 7.89. The van der Waals surface area contributed by atoms with Crippen LogP contribution >= 0.6 is 11.3 Å². The zero-order valence-corrected chi connectivity index (χ0v) is 18.1. The van der Waals surface area contributed by atoms with Gasteiger partial charge in [-0.1, -0.05) is 0 Å². The van der Waals surface area contributed by atoms with E-state index in [1.54, 1.807) is 17.5 Å². The topological polar surface area (TPSA) is 77.3 Å². The Morgan fingerprint density at radius 3 is 2.79 bits per heavy atom. The van der Waals surface area contributed by atoms with Gasteiger partial charge < -0.3 is 9.30 Å². The minimum Gasteiger partial charge on any atom is -0.376 e. The fraction of sp³-hybridized carbons (Fsp3) is 0.684. The van der Waals surface area contributed by atoms with Gasteiger partial charge in [0, 0.05) is 25.1 Å². The lowest BCUT2D eigenvalue weighted by molar-refractivity contribution is 0.0934. The van der Waals surface area contributed by atoms with Crippen LogP contribution in [0.25, 0.3) is 0 Å². The Bertz CT molecular complexity index is 912. The number of hydrogen-bond acceptors (Lipinski definition) is 7. The molecule has 1 saturated carbocycles. The molecule has 0 aromatic carbocycles. The summed E-state index contributed by atoms with van der Waals surface area (Å²) in [6.45, 7) is 4.65. The van der Waals surface area contributed by atoms with Crippen molar-refractivity contribution in [3.8, 4) is 0 Å². The van der Waals surface area contributed by atoms with Crippen molar-refractivity contribution in [2.45, 2.75) is 63.5 Å². The molecule has 1 atom stereocenters. The van der Waals surface area contributed by atoms with Crippen molar-refractivity contribution in [3.05, 3.63) is 28.0 Å². The molecule has 9 heteroatoms. The Morgan fingerprint density at radius 1 is 1.32 bits per heavy atom. The fourth-order valence-electron chi connectivity index (χ4n) is 3.71. The highest BCUT2D eigenvalue weighted by molar-refractivity contribution is 7.91. The van der Waals surface area contributed by atoms with Crippen molar-refractivity contribution in [1.29, 1.82) is 0 Å². The Morgan fingerprint density at radius 2 is 2.14 bits per heavy atom. The molecular weight excluding hydrogens is 396 g/mol. The number of imidazole rings is 1. The predicted octanol–water partition coefficient (Wildman–Crippen LogP) is 2.64. The van der Waals surface area contributed by atoms with E-state index in [2.05, 4.69) is 20.2 Å². The van der Waals surface area contributed by atoms with Crippen LogP contribution in [-0.2, 0) is 34.2 Å². The molecule has 1 aliphatic carbocycles. The maximum atomic E-state index is 12.9. The number of ether oxygens (including phenoxy) is 1. The third kappa shape index (κ3) is 4.82. The second-order valence-electron chi connectivity index (χ2n) is 8.03. The van der Waals surface area contributed by atoms with E-state index in [9.17, 15) is 8.42 Å². The molecule has 28 heavy (non-hydrogen) atoms. The molecule has 2 aromatic heterocycles. The van der Waals surface area contributed by atoms with Crippen molar-refractivity contribution < 1.29 is 13.2 Å². The zero-order valence-electron chi connectivity index (χ0n) is 16.5. The first kappa shape index (κ1) is 20.0. The van der Waals surface area contributed by atoms with Gasteiger partial charge in [-0.15, -0.1) is 11.3 Å². The van der Waals surface area contributed by atoms with Crippen LogP contribution in [0.2, 0.25) is 0 Å². The molecule has 0 amide bonds. The smallest absolute Gasteiger partial charge is 0.227 e. The predicted molar refractivity (Wildman–Crippen MR) is 108 cm³/mol. The average Bonchev–Trinajstić information content (AvgIpc) is 3.01. The van der Waals surface area contributed by atoms with E-state index in [4.69, 9.17) is 4.74 Å². The summed E-state index contributed by atoms with van der Waals surface area (Å²) in [6.07, 6.45) is 5.80. The van der Waals surface area contributed by atoms with Crippen LogP contribution < -0.4 is 0 Å². The molecule has 0 N–H and O–H groups in total. The zero-order chi connectivity index (χ0) is 19.7. The van der Waals surface area contributed by atoms with Crippen molar-refractivity contribution in [1.82, 2.24) is 19.4 Å². The molecule has 0 bridgehead atoms. The number of hydrogen-bond donors (Lipinski definition) is 0. The van der Waals surface area contributed by atoms with E-state index in [1.807, 2.05) is 18.5 Å². The highest BCUT2D eigenvalue weighted by atomic mass is 32.2. The molecule has 0 unspecified atom stereocenters. The van der Waals surface area contributed by atoms with Gasteiger partial charge in [0.05, 0.1) is 41.0 Å². The second kappa shape index (κ2) is 8.22. The lowest BCUT2D eigenvalue weighted by atomic mass is 10.2. The monoisotopic (exact) mass is 424 g/mol. The Kier molecular flexibility index (Phi) is 5.87. The largest absolute Gasteiger partial charge is 0.376 e. The average molecular weight is 425 g/mol. The van der Waals surface area contributed by atoms with Gasteiger partial charge >= 0.3 is 0 Å². The van der Waals surface area contributed by atoms with E-state index in [0.717, 1.165) is 55.2 Å². The Hall–Kier alpha value is -1.29. The van der Waals surface area contributed by atoms with E-state index < -0.39 is 9.84 Å². The second-order valence-corrected chi connectivity index (χ2v) is 11.0. The number of thiazole rings is 1. The summed E-state index contributed by atoms with van der Waals surface area (Å²) in [6, 6.07) is 0. The van der Waals surface area contributed by atoms with E-state index in [1.165, 1.54) is 0 Å². The molecule has 0 spiro atoms. The summed E-state index contributed by atoms with van der Waals surface area (Å²) < 4.78 is 33.5. The van der Waals surface area contributed by atoms with Crippen LogP contribution in [0, 0.1) is 12.8 Å². The van der Waals surface area contributed by atoms with Crippen molar-refractivity contribution in [2.75, 3.05) is 19.4 Å². The first-order chi connectivity index (χ1) is 13.4. The molecule has 2 fully saturated rings. The van der Waals surface area contributed by atoms with Gasteiger partial charge in [-0.3, -0.25) is 4.90 Å². The Balaban J connectivity index is 1.54. The molecule has 4 rings (SSSR count). The quantitative estimate of drug-likeness (QED) is 0.616. The van der Waals surface area contributed by atoms with Crippen LogP contribution in [-0.4, -0.2) is 53.4 Å². The van der Waals surface area contributed by atoms with E-state index >= 15 is 0 Å². The van der Waals surface area contributed by atoms with Crippen LogP contribution in [0.5, 0.6) is 0 Å². The van der Waals surface area contributed by atoms with Crippen LogP contribution in [0.4, 0.5) is 0 Å². The standard InChI is InChI=1S/C19H28N4O3S2/c1-14-21-16(12-27-14)9-22(2)10-17-8-20-19(28(24,25)13-15-5-6-15)23(17)11-18-4-3-7-26-18/h8,12,15,18H,3-7,9-11,13H2,1-2H3/t18-/m1/s1. The summed E-state index contributed by atoms with van der Waals surface area (Å²) in [4.78, 5) is 11.0. The molecule has 7 nitrogen and oxygen atoms in total. The van der Waals surface area contributed by atoms with Gasteiger partial charge in [-0.05, 0) is 45.6 Å². The number of aryl methyl sites for hydroxylation is 1. The minimum absolute atomic E-state index is 0.0642. The van der Waals surface area contributed by atoms with Gasteiger partial charge in [0.2, 0.25) is 15.0 Å². The summed E-state index contributed by atoms with van der Waals surface area (Å²) in [5.41, 5.74) is 1.95. The molecule has 3 heterocycles. The lowest BCUT2D eigenvalue weighted by Gasteiger charge is -2.20. The highest BCUT2D eigenvalue weighted by Gasteiger charge is 2.33. The molecule has 2 aromatic rings. The van der Waals surface area contributed by atoms with Gasteiger partial charge in [0.15, 0.2) is 0 Å². The lowest BCUT2D eigenvalue weighted by Crippen LogP contribution is -2.25. The van der Waals surface area contributed by atoms with Crippen molar-refractivity contribution in [2.24, 2.45) is 5.92 Å². The highest BCUT2D eigenvalue weighted by Crippen LogP contribution is 2.32. The number of nitrogens with zero attached hydrogens (tertiary/aromatic N) is 4. The van der Waals surface area contributed by atoms with Crippen LogP contribution in [0.3, 0.4) is 0 Å². The fourth-order valence-corrected chi connectivity index (χ4v) is 6.16. The van der Waals surface area contributed by atoms with Crippen LogP contribution in [0.15, 0.2) is 16.7 Å². The number of rotatable bonds is 9. The molecule has 1 saturated heterocycles. The first-order valence-corrected chi connectivity index (χ1v) is 12.4. The van der Waals surface area contributed by atoms with E-state index in [0.29, 0.717) is 19.0 Å². The van der Waals surface area contributed by atoms with Gasteiger partial charge in [0.25, 0.3) is 0 Å². The normalized spacial score (nSPS) is 20.3.